The molecule has 1 aromatic rings. The Morgan fingerprint density at radius 2 is 1.70 bits per heavy atom. The van der Waals surface area contributed by atoms with E-state index in [1.807, 2.05) is 19.9 Å². The molecule has 0 aromatic heterocycles. The summed E-state index contributed by atoms with van der Waals surface area (Å²) in [5, 5.41) is 0. The average molecular weight is 277 g/mol. The minimum atomic E-state index is -0.483. The Morgan fingerprint density at radius 3 is 2.15 bits per heavy atom. The SMILES string of the molecule is Cc1cc(C)c(C2(N)CCC(C(C)(C)C)CC2)c(F)c1. The second-order valence-corrected chi connectivity index (χ2v) is 7.74. The summed E-state index contributed by atoms with van der Waals surface area (Å²) in [6.07, 6.45) is 3.95. The molecule has 2 N–H and O–H groups in total. The van der Waals surface area contributed by atoms with Crippen molar-refractivity contribution in [3.05, 3.63) is 34.6 Å². The van der Waals surface area contributed by atoms with Crippen LogP contribution < -0.4 is 5.73 Å². The first-order valence-electron chi connectivity index (χ1n) is 7.69. The molecule has 1 aromatic carbocycles. The van der Waals surface area contributed by atoms with E-state index < -0.39 is 5.54 Å². The fourth-order valence-corrected chi connectivity index (χ4v) is 3.80. The first-order chi connectivity index (χ1) is 9.13. The van der Waals surface area contributed by atoms with Crippen molar-refractivity contribution in [1.29, 1.82) is 0 Å². The highest BCUT2D eigenvalue weighted by Gasteiger charge is 2.39. The molecule has 0 aliphatic heterocycles. The standard InChI is InChI=1S/C18H28FN/c1-12-10-13(2)16(15(19)11-12)18(20)8-6-14(7-9-18)17(3,4)5/h10-11,14H,6-9,20H2,1-5H3. The van der Waals surface area contributed by atoms with E-state index in [1.165, 1.54) is 0 Å². The van der Waals surface area contributed by atoms with Crippen LogP contribution >= 0.6 is 0 Å². The van der Waals surface area contributed by atoms with E-state index in [-0.39, 0.29) is 5.82 Å². The van der Waals surface area contributed by atoms with E-state index >= 15 is 0 Å². The maximum Gasteiger partial charge on any atom is 0.128 e. The maximum absolute atomic E-state index is 14.4. The zero-order valence-corrected chi connectivity index (χ0v) is 13.5. The van der Waals surface area contributed by atoms with Crippen molar-refractivity contribution in [1.82, 2.24) is 0 Å². The second-order valence-electron chi connectivity index (χ2n) is 7.74. The minimum absolute atomic E-state index is 0.126. The fourth-order valence-electron chi connectivity index (χ4n) is 3.80. The van der Waals surface area contributed by atoms with Crippen molar-refractivity contribution in [2.45, 2.75) is 65.8 Å². The molecule has 0 saturated heterocycles. The summed E-state index contributed by atoms with van der Waals surface area (Å²) in [5.41, 5.74) is 9.15. The van der Waals surface area contributed by atoms with Crippen LogP contribution in [-0.2, 0) is 5.54 Å². The molecule has 1 nitrogen and oxygen atoms in total. The predicted octanol–water partition coefficient (Wildman–Crippen LogP) is 4.83. The van der Waals surface area contributed by atoms with Crippen molar-refractivity contribution >= 4 is 0 Å². The van der Waals surface area contributed by atoms with Crippen molar-refractivity contribution in [3.8, 4) is 0 Å². The third kappa shape index (κ3) is 2.90. The molecule has 2 heteroatoms. The molecule has 0 radical (unpaired) electrons. The summed E-state index contributed by atoms with van der Waals surface area (Å²) >= 11 is 0. The summed E-state index contributed by atoms with van der Waals surface area (Å²) in [7, 11) is 0. The molecular weight excluding hydrogens is 249 g/mol. The van der Waals surface area contributed by atoms with Gasteiger partial charge in [0, 0.05) is 11.1 Å². The minimum Gasteiger partial charge on any atom is -0.321 e. The van der Waals surface area contributed by atoms with Crippen molar-refractivity contribution in [3.63, 3.8) is 0 Å². The number of hydrogen-bond acceptors (Lipinski definition) is 1. The van der Waals surface area contributed by atoms with Crippen LogP contribution in [0.5, 0.6) is 0 Å². The first-order valence-corrected chi connectivity index (χ1v) is 7.69. The van der Waals surface area contributed by atoms with Gasteiger partial charge in [-0.15, -0.1) is 0 Å². The Kier molecular flexibility index (Phi) is 3.98. The molecule has 112 valence electrons. The van der Waals surface area contributed by atoms with E-state index in [4.69, 9.17) is 5.73 Å². The highest BCUT2D eigenvalue weighted by atomic mass is 19.1. The molecule has 0 bridgehead atoms. The smallest absolute Gasteiger partial charge is 0.128 e. The van der Waals surface area contributed by atoms with Gasteiger partial charge in [-0.1, -0.05) is 26.8 Å². The van der Waals surface area contributed by atoms with Gasteiger partial charge >= 0.3 is 0 Å². The van der Waals surface area contributed by atoms with E-state index in [9.17, 15) is 4.39 Å². The van der Waals surface area contributed by atoms with Crippen molar-refractivity contribution in [2.75, 3.05) is 0 Å². The Hall–Kier alpha value is -0.890. The first kappa shape index (κ1) is 15.5. The zero-order valence-electron chi connectivity index (χ0n) is 13.5. The predicted molar refractivity (Wildman–Crippen MR) is 83.2 cm³/mol. The molecule has 0 spiro atoms. The molecule has 20 heavy (non-hydrogen) atoms. The van der Waals surface area contributed by atoms with Gasteiger partial charge in [0.1, 0.15) is 5.82 Å². The molecular formula is C18H28FN. The highest BCUT2D eigenvalue weighted by molar-refractivity contribution is 5.37. The summed E-state index contributed by atoms with van der Waals surface area (Å²) in [6.45, 7) is 10.8. The van der Waals surface area contributed by atoms with Crippen molar-refractivity contribution < 1.29 is 4.39 Å². The van der Waals surface area contributed by atoms with E-state index in [1.54, 1.807) is 6.07 Å². The van der Waals surface area contributed by atoms with Crippen molar-refractivity contribution in [2.24, 2.45) is 17.1 Å². The molecule has 1 fully saturated rings. The fraction of sp³-hybridized carbons (Fsp3) is 0.667. The van der Waals surface area contributed by atoms with Gasteiger partial charge in [-0.05, 0) is 68.1 Å². The second kappa shape index (κ2) is 5.14. The van der Waals surface area contributed by atoms with Crippen LogP contribution in [0.1, 0.15) is 63.1 Å². The summed E-state index contributed by atoms with van der Waals surface area (Å²) < 4.78 is 14.4. The number of benzene rings is 1. The van der Waals surface area contributed by atoms with Gasteiger partial charge in [0.25, 0.3) is 0 Å². The van der Waals surface area contributed by atoms with Gasteiger partial charge < -0.3 is 5.73 Å². The molecule has 2 rings (SSSR count). The number of halogens is 1. The third-order valence-electron chi connectivity index (χ3n) is 5.03. The summed E-state index contributed by atoms with van der Waals surface area (Å²) in [6, 6.07) is 3.66. The largest absolute Gasteiger partial charge is 0.321 e. The van der Waals surface area contributed by atoms with Crippen LogP contribution in [0.15, 0.2) is 12.1 Å². The van der Waals surface area contributed by atoms with E-state index in [2.05, 4.69) is 20.8 Å². The molecule has 0 amide bonds. The lowest BCUT2D eigenvalue weighted by atomic mass is 9.65. The Labute approximate surface area is 122 Å². The zero-order chi connectivity index (χ0) is 15.1. The highest BCUT2D eigenvalue weighted by Crippen LogP contribution is 2.45. The Morgan fingerprint density at radius 1 is 1.15 bits per heavy atom. The maximum atomic E-state index is 14.4. The third-order valence-corrected chi connectivity index (χ3v) is 5.03. The number of aryl methyl sites for hydroxylation is 2. The number of rotatable bonds is 1. The van der Waals surface area contributed by atoms with Gasteiger partial charge in [-0.25, -0.2) is 4.39 Å². The average Bonchev–Trinajstić information content (AvgIpc) is 2.26. The van der Waals surface area contributed by atoms with Gasteiger partial charge in [0.05, 0.1) is 0 Å². The normalized spacial score (nSPS) is 27.6. The van der Waals surface area contributed by atoms with Crippen LogP contribution in [0, 0.1) is 31.0 Å². The van der Waals surface area contributed by atoms with E-state index in [0.717, 1.165) is 42.4 Å². The summed E-state index contributed by atoms with van der Waals surface area (Å²) in [4.78, 5) is 0. The van der Waals surface area contributed by atoms with E-state index in [0.29, 0.717) is 11.3 Å². The molecule has 0 unspecified atom stereocenters. The molecule has 1 aliphatic rings. The lowest BCUT2D eigenvalue weighted by Crippen LogP contribution is -2.43. The van der Waals surface area contributed by atoms with Gasteiger partial charge in [0.2, 0.25) is 0 Å². The monoisotopic (exact) mass is 277 g/mol. The van der Waals surface area contributed by atoms with Gasteiger partial charge in [0.15, 0.2) is 0 Å². The number of nitrogens with two attached hydrogens (primary N) is 1. The van der Waals surface area contributed by atoms with Crippen LogP contribution in [0.25, 0.3) is 0 Å². The number of hydrogen-bond donors (Lipinski definition) is 1. The lowest BCUT2D eigenvalue weighted by Gasteiger charge is -2.43. The molecule has 0 heterocycles. The lowest BCUT2D eigenvalue weighted by molar-refractivity contribution is 0.132. The summed E-state index contributed by atoms with van der Waals surface area (Å²) in [5.74, 6) is 0.562. The molecule has 1 saturated carbocycles. The van der Waals surface area contributed by atoms with Crippen LogP contribution in [-0.4, -0.2) is 0 Å². The molecule has 0 atom stereocenters. The topological polar surface area (TPSA) is 26.0 Å². The van der Waals surface area contributed by atoms with Crippen LogP contribution in [0.3, 0.4) is 0 Å². The van der Waals surface area contributed by atoms with Crippen LogP contribution in [0.4, 0.5) is 4.39 Å². The molecule has 1 aliphatic carbocycles. The van der Waals surface area contributed by atoms with Gasteiger partial charge in [-0.3, -0.25) is 0 Å². The van der Waals surface area contributed by atoms with Gasteiger partial charge in [-0.2, -0.15) is 0 Å². The Balaban J connectivity index is 2.27. The Bertz CT molecular complexity index is 468. The van der Waals surface area contributed by atoms with Crippen LogP contribution in [0.2, 0.25) is 0 Å². The quantitative estimate of drug-likeness (QED) is 0.781.